The Morgan fingerprint density at radius 2 is 1.95 bits per heavy atom. The van der Waals surface area contributed by atoms with Crippen LogP contribution in [0.1, 0.15) is 6.42 Å². The van der Waals surface area contributed by atoms with Crippen LogP contribution < -0.4 is 15.1 Å². The molecule has 0 spiro atoms. The van der Waals surface area contributed by atoms with Crippen LogP contribution in [0.3, 0.4) is 0 Å². The van der Waals surface area contributed by atoms with Gasteiger partial charge in [0.15, 0.2) is 0 Å². The summed E-state index contributed by atoms with van der Waals surface area (Å²) in [4.78, 5) is 30.5. The van der Waals surface area contributed by atoms with Crippen LogP contribution in [-0.4, -0.2) is 73.6 Å². The Bertz CT molecular complexity index is 491. The van der Waals surface area contributed by atoms with E-state index >= 15 is 0 Å². The van der Waals surface area contributed by atoms with E-state index in [2.05, 4.69) is 20.3 Å². The van der Waals surface area contributed by atoms with E-state index in [0.29, 0.717) is 24.4 Å². The van der Waals surface area contributed by atoms with Crippen molar-refractivity contribution in [3.05, 3.63) is 0 Å². The highest BCUT2D eigenvalue weighted by Gasteiger charge is 2.22. The zero-order chi connectivity index (χ0) is 14.7. The Balaban J connectivity index is 2.30. The molecule has 0 unspecified atom stereocenters. The molecule has 0 bridgehead atoms. The van der Waals surface area contributed by atoms with Gasteiger partial charge >= 0.3 is 0 Å². The number of carbonyl (C=O) groups excluding carboxylic acids is 1. The van der Waals surface area contributed by atoms with Crippen LogP contribution in [0.5, 0.6) is 0 Å². The Morgan fingerprint density at radius 1 is 1.20 bits per heavy atom. The second-order valence-corrected chi connectivity index (χ2v) is 4.99. The SMILES string of the molecule is CNc1nc(N(C)C)nc(N2CCCN(C)C(=O)C2)n1. The van der Waals surface area contributed by atoms with Crippen LogP contribution in [0.25, 0.3) is 0 Å². The van der Waals surface area contributed by atoms with Gasteiger partial charge in [-0.3, -0.25) is 4.79 Å². The highest BCUT2D eigenvalue weighted by atomic mass is 16.2. The third-order valence-electron chi connectivity index (χ3n) is 3.19. The summed E-state index contributed by atoms with van der Waals surface area (Å²) in [6.45, 7) is 1.83. The first kappa shape index (κ1) is 14.3. The fourth-order valence-corrected chi connectivity index (χ4v) is 1.96. The Kier molecular flexibility index (Phi) is 4.21. The minimum Gasteiger partial charge on any atom is -0.357 e. The van der Waals surface area contributed by atoms with Gasteiger partial charge < -0.3 is 20.0 Å². The van der Waals surface area contributed by atoms with E-state index in [4.69, 9.17) is 0 Å². The van der Waals surface area contributed by atoms with Crippen molar-refractivity contribution < 1.29 is 4.79 Å². The van der Waals surface area contributed by atoms with Gasteiger partial charge in [-0.2, -0.15) is 15.0 Å². The van der Waals surface area contributed by atoms with Gasteiger partial charge in [-0.25, -0.2) is 0 Å². The number of likely N-dealkylation sites (N-methyl/N-ethyl adjacent to an activating group) is 1. The van der Waals surface area contributed by atoms with E-state index in [1.165, 1.54) is 0 Å². The first-order valence-corrected chi connectivity index (χ1v) is 6.61. The zero-order valence-electron chi connectivity index (χ0n) is 12.4. The van der Waals surface area contributed by atoms with E-state index in [1.807, 2.05) is 30.9 Å². The van der Waals surface area contributed by atoms with Crippen LogP contribution in [0.15, 0.2) is 0 Å². The van der Waals surface area contributed by atoms with Gasteiger partial charge in [-0.15, -0.1) is 0 Å². The van der Waals surface area contributed by atoms with E-state index in [-0.39, 0.29) is 5.91 Å². The standard InChI is InChI=1S/C12H21N7O/c1-13-10-14-11(17(2)3)16-12(15-10)19-7-5-6-18(4)9(20)8-19/h5-8H2,1-4H3,(H,13,14,15,16). The lowest BCUT2D eigenvalue weighted by Gasteiger charge is -2.21. The highest BCUT2D eigenvalue weighted by Crippen LogP contribution is 2.16. The van der Waals surface area contributed by atoms with Gasteiger partial charge in [-0.1, -0.05) is 0 Å². The van der Waals surface area contributed by atoms with Gasteiger partial charge in [0.25, 0.3) is 0 Å². The molecule has 20 heavy (non-hydrogen) atoms. The number of hydrogen-bond acceptors (Lipinski definition) is 7. The van der Waals surface area contributed by atoms with Crippen LogP contribution in [0.2, 0.25) is 0 Å². The number of nitrogens with one attached hydrogen (secondary N) is 1. The third kappa shape index (κ3) is 3.06. The van der Waals surface area contributed by atoms with E-state index < -0.39 is 0 Å². The van der Waals surface area contributed by atoms with Crippen LogP contribution in [0, 0.1) is 0 Å². The molecule has 1 aliphatic rings. The molecule has 1 N–H and O–H groups in total. The number of carbonyl (C=O) groups is 1. The van der Waals surface area contributed by atoms with E-state index in [0.717, 1.165) is 19.5 Å². The second kappa shape index (κ2) is 5.89. The fourth-order valence-electron chi connectivity index (χ4n) is 1.96. The quantitative estimate of drug-likeness (QED) is 0.810. The molecule has 1 aromatic rings. The van der Waals surface area contributed by atoms with Crippen molar-refractivity contribution in [3.8, 4) is 0 Å². The molecule has 1 fully saturated rings. The highest BCUT2D eigenvalue weighted by molar-refractivity contribution is 5.81. The average Bonchev–Trinajstić information content (AvgIpc) is 2.60. The van der Waals surface area contributed by atoms with Crippen molar-refractivity contribution in [3.63, 3.8) is 0 Å². The van der Waals surface area contributed by atoms with Crippen LogP contribution in [0.4, 0.5) is 17.8 Å². The van der Waals surface area contributed by atoms with Crippen molar-refractivity contribution in [2.24, 2.45) is 0 Å². The molecule has 110 valence electrons. The summed E-state index contributed by atoms with van der Waals surface area (Å²) < 4.78 is 0. The maximum atomic E-state index is 12.0. The van der Waals surface area contributed by atoms with Gasteiger partial charge in [0, 0.05) is 41.3 Å². The van der Waals surface area contributed by atoms with Crippen molar-refractivity contribution in [2.45, 2.75) is 6.42 Å². The summed E-state index contributed by atoms with van der Waals surface area (Å²) in [6.07, 6.45) is 0.903. The topological polar surface area (TPSA) is 77.5 Å². The molecule has 0 aliphatic carbocycles. The summed E-state index contributed by atoms with van der Waals surface area (Å²) in [7, 11) is 7.34. The summed E-state index contributed by atoms with van der Waals surface area (Å²) in [6, 6.07) is 0. The van der Waals surface area contributed by atoms with Gasteiger partial charge in [-0.05, 0) is 6.42 Å². The maximum absolute atomic E-state index is 12.0. The largest absolute Gasteiger partial charge is 0.357 e. The summed E-state index contributed by atoms with van der Waals surface area (Å²) >= 11 is 0. The molecule has 0 atom stereocenters. The Morgan fingerprint density at radius 3 is 2.60 bits per heavy atom. The molecule has 0 radical (unpaired) electrons. The molecule has 8 heteroatoms. The smallest absolute Gasteiger partial charge is 0.241 e. The normalized spacial score (nSPS) is 16.1. The van der Waals surface area contributed by atoms with Crippen molar-refractivity contribution in [1.82, 2.24) is 19.9 Å². The molecule has 1 aliphatic heterocycles. The number of amides is 1. The van der Waals surface area contributed by atoms with Crippen molar-refractivity contribution in [2.75, 3.05) is 62.9 Å². The van der Waals surface area contributed by atoms with Gasteiger partial charge in [0.2, 0.25) is 23.8 Å². The van der Waals surface area contributed by atoms with Crippen molar-refractivity contribution in [1.29, 1.82) is 0 Å². The van der Waals surface area contributed by atoms with E-state index in [1.54, 1.807) is 11.9 Å². The lowest BCUT2D eigenvalue weighted by Crippen LogP contribution is -2.35. The summed E-state index contributed by atoms with van der Waals surface area (Å²) in [5.41, 5.74) is 0. The molecule has 0 aromatic carbocycles. The minimum absolute atomic E-state index is 0.0836. The first-order valence-electron chi connectivity index (χ1n) is 6.61. The monoisotopic (exact) mass is 279 g/mol. The molecule has 8 nitrogen and oxygen atoms in total. The number of anilines is 3. The van der Waals surface area contributed by atoms with Crippen LogP contribution in [-0.2, 0) is 4.79 Å². The number of nitrogens with zero attached hydrogens (tertiary/aromatic N) is 6. The minimum atomic E-state index is 0.0836. The predicted octanol–water partition coefficient (Wildman–Crippen LogP) is -0.352. The molecular weight excluding hydrogens is 258 g/mol. The second-order valence-electron chi connectivity index (χ2n) is 4.99. The van der Waals surface area contributed by atoms with E-state index in [9.17, 15) is 4.79 Å². The van der Waals surface area contributed by atoms with Gasteiger partial charge in [0.1, 0.15) is 0 Å². The van der Waals surface area contributed by atoms with Gasteiger partial charge in [0.05, 0.1) is 6.54 Å². The lowest BCUT2D eigenvalue weighted by atomic mass is 10.4. The third-order valence-corrected chi connectivity index (χ3v) is 3.19. The zero-order valence-corrected chi connectivity index (χ0v) is 12.4. The average molecular weight is 279 g/mol. The number of aromatic nitrogens is 3. The number of rotatable bonds is 3. The Hall–Kier alpha value is -2.12. The Labute approximate surface area is 118 Å². The molecule has 1 amide bonds. The molecule has 2 heterocycles. The maximum Gasteiger partial charge on any atom is 0.241 e. The molecule has 0 saturated carbocycles. The number of hydrogen-bond donors (Lipinski definition) is 1. The molecule has 1 saturated heterocycles. The lowest BCUT2D eigenvalue weighted by molar-refractivity contribution is -0.127. The van der Waals surface area contributed by atoms with Crippen LogP contribution >= 0.6 is 0 Å². The fraction of sp³-hybridized carbons (Fsp3) is 0.667. The predicted molar refractivity (Wildman–Crippen MR) is 78.2 cm³/mol. The molecule has 1 aromatic heterocycles. The molecule has 2 rings (SSSR count). The summed E-state index contributed by atoms with van der Waals surface area (Å²) in [5, 5.41) is 2.93. The summed E-state index contributed by atoms with van der Waals surface area (Å²) in [5.74, 6) is 1.70. The van der Waals surface area contributed by atoms with Crippen molar-refractivity contribution >= 4 is 23.8 Å². The molecular formula is C12H21N7O. The first-order chi connectivity index (χ1) is 9.51.